The molecule has 0 bridgehead atoms. The van der Waals surface area contributed by atoms with E-state index in [1.54, 1.807) is 20.2 Å². The van der Waals surface area contributed by atoms with Crippen LogP contribution in [0.5, 0.6) is 5.75 Å². The van der Waals surface area contributed by atoms with Gasteiger partial charge in [-0.3, -0.25) is 9.36 Å². The lowest BCUT2D eigenvalue weighted by Crippen LogP contribution is -2.22. The molecule has 1 atom stereocenters. The lowest BCUT2D eigenvalue weighted by Gasteiger charge is -2.11. The van der Waals surface area contributed by atoms with Gasteiger partial charge in [-0.1, -0.05) is 17.8 Å². The molecule has 1 aromatic carbocycles. The Labute approximate surface area is 115 Å². The van der Waals surface area contributed by atoms with E-state index in [-0.39, 0.29) is 11.2 Å². The van der Waals surface area contributed by atoms with Gasteiger partial charge in [-0.2, -0.15) is 0 Å². The second-order valence-corrected chi connectivity index (χ2v) is 5.25. The molecule has 0 aliphatic rings. The van der Waals surface area contributed by atoms with Crippen molar-refractivity contribution in [3.05, 3.63) is 36.7 Å². The number of carbonyl (C=O) groups excluding carboxylic acids is 1. The van der Waals surface area contributed by atoms with Gasteiger partial charge in [-0.25, -0.2) is 4.98 Å². The third kappa shape index (κ3) is 3.08. The highest BCUT2D eigenvalue weighted by molar-refractivity contribution is 8.00. The van der Waals surface area contributed by atoms with Gasteiger partial charge >= 0.3 is 0 Å². The van der Waals surface area contributed by atoms with Crippen LogP contribution in [0.1, 0.15) is 6.92 Å². The van der Waals surface area contributed by atoms with E-state index in [1.165, 1.54) is 11.8 Å². The Bertz CT molecular complexity index is 583. The van der Waals surface area contributed by atoms with Crippen LogP contribution in [0.2, 0.25) is 0 Å². The van der Waals surface area contributed by atoms with E-state index in [9.17, 15) is 4.79 Å². The summed E-state index contributed by atoms with van der Waals surface area (Å²) < 4.78 is 7.09. The van der Waals surface area contributed by atoms with Crippen LogP contribution in [-0.4, -0.2) is 27.8 Å². The second kappa shape index (κ2) is 5.79. The first kappa shape index (κ1) is 13.5. The number of nitrogens with zero attached hydrogens (tertiary/aromatic N) is 2. The average Bonchev–Trinajstić information content (AvgIpc) is 2.86. The third-order valence-corrected chi connectivity index (χ3v) is 3.72. The molecule has 1 unspecified atom stereocenters. The fraction of sp³-hybridized carbons (Fsp3) is 0.231. The molecule has 0 fully saturated rings. The van der Waals surface area contributed by atoms with Crippen LogP contribution in [0.15, 0.2) is 41.8 Å². The standard InChI is InChI=1S/C13H15N3O2S/c1-9(12(14)17)19-13-15-6-7-16(13)10-4-3-5-11(8-10)18-2/h3-9H,1-2H3,(H2,14,17). The van der Waals surface area contributed by atoms with Gasteiger partial charge in [0.05, 0.1) is 18.0 Å². The first-order chi connectivity index (χ1) is 9.11. The van der Waals surface area contributed by atoms with E-state index < -0.39 is 0 Å². The van der Waals surface area contributed by atoms with Gasteiger partial charge in [-0.15, -0.1) is 0 Å². The molecule has 100 valence electrons. The zero-order valence-corrected chi connectivity index (χ0v) is 11.6. The number of carbonyl (C=O) groups is 1. The number of imidazole rings is 1. The van der Waals surface area contributed by atoms with Crippen molar-refractivity contribution in [2.75, 3.05) is 7.11 Å². The summed E-state index contributed by atoms with van der Waals surface area (Å²) in [4.78, 5) is 15.4. The maximum atomic E-state index is 11.1. The topological polar surface area (TPSA) is 70.1 Å². The van der Waals surface area contributed by atoms with Crippen molar-refractivity contribution in [3.63, 3.8) is 0 Å². The molecule has 5 nitrogen and oxygen atoms in total. The van der Waals surface area contributed by atoms with Gasteiger partial charge in [0.2, 0.25) is 5.91 Å². The summed E-state index contributed by atoms with van der Waals surface area (Å²) in [6.07, 6.45) is 3.53. The first-order valence-electron chi connectivity index (χ1n) is 5.75. The fourth-order valence-electron chi connectivity index (χ4n) is 1.55. The van der Waals surface area contributed by atoms with E-state index >= 15 is 0 Å². The monoisotopic (exact) mass is 277 g/mol. The predicted octanol–water partition coefficient (Wildman–Crippen LogP) is 1.85. The minimum absolute atomic E-state index is 0.327. The van der Waals surface area contributed by atoms with Gasteiger partial charge in [-0.05, 0) is 19.1 Å². The Morgan fingerprint density at radius 3 is 3.00 bits per heavy atom. The second-order valence-electron chi connectivity index (χ2n) is 3.94. The van der Waals surface area contributed by atoms with Crippen LogP contribution >= 0.6 is 11.8 Å². The van der Waals surface area contributed by atoms with Crippen LogP contribution < -0.4 is 10.5 Å². The zero-order chi connectivity index (χ0) is 13.8. The molecule has 0 aliphatic carbocycles. The Hall–Kier alpha value is -1.95. The summed E-state index contributed by atoms with van der Waals surface area (Å²) in [6, 6.07) is 7.63. The molecular weight excluding hydrogens is 262 g/mol. The van der Waals surface area contributed by atoms with Gasteiger partial charge in [0.25, 0.3) is 0 Å². The number of hydrogen-bond acceptors (Lipinski definition) is 4. The Morgan fingerprint density at radius 2 is 2.32 bits per heavy atom. The quantitative estimate of drug-likeness (QED) is 0.847. The number of benzene rings is 1. The lowest BCUT2D eigenvalue weighted by atomic mass is 10.3. The van der Waals surface area contributed by atoms with Crippen molar-refractivity contribution < 1.29 is 9.53 Å². The van der Waals surface area contributed by atoms with Gasteiger partial charge < -0.3 is 10.5 Å². The van der Waals surface area contributed by atoms with E-state index in [4.69, 9.17) is 10.5 Å². The zero-order valence-electron chi connectivity index (χ0n) is 10.7. The molecule has 1 aromatic heterocycles. The number of methoxy groups -OCH3 is 1. The van der Waals surface area contributed by atoms with Crippen molar-refractivity contribution in [2.45, 2.75) is 17.3 Å². The highest BCUT2D eigenvalue weighted by Gasteiger charge is 2.15. The van der Waals surface area contributed by atoms with E-state index in [2.05, 4.69) is 4.98 Å². The first-order valence-corrected chi connectivity index (χ1v) is 6.63. The fourth-order valence-corrected chi connectivity index (χ4v) is 2.38. The van der Waals surface area contributed by atoms with E-state index in [0.29, 0.717) is 0 Å². The molecule has 0 aliphatic heterocycles. The van der Waals surface area contributed by atoms with Gasteiger partial charge in [0.15, 0.2) is 5.16 Å². The highest BCUT2D eigenvalue weighted by atomic mass is 32.2. The van der Waals surface area contributed by atoms with Crippen LogP contribution in [0, 0.1) is 0 Å². The van der Waals surface area contributed by atoms with Gasteiger partial charge in [0, 0.05) is 18.5 Å². The number of ether oxygens (including phenoxy) is 1. The number of aromatic nitrogens is 2. The molecule has 2 N–H and O–H groups in total. The number of hydrogen-bond donors (Lipinski definition) is 1. The Balaban J connectivity index is 2.30. The lowest BCUT2D eigenvalue weighted by molar-refractivity contribution is -0.117. The summed E-state index contributed by atoms with van der Waals surface area (Å²) in [5.74, 6) is 0.412. The summed E-state index contributed by atoms with van der Waals surface area (Å²) in [5.41, 5.74) is 6.20. The van der Waals surface area contributed by atoms with E-state index in [0.717, 1.165) is 16.6 Å². The molecule has 0 radical (unpaired) electrons. The summed E-state index contributed by atoms with van der Waals surface area (Å²) in [5, 5.41) is 0.395. The van der Waals surface area contributed by atoms with Crippen molar-refractivity contribution in [3.8, 4) is 11.4 Å². The molecule has 1 heterocycles. The normalized spacial score (nSPS) is 12.1. The van der Waals surface area contributed by atoms with Crippen LogP contribution in [0.25, 0.3) is 5.69 Å². The van der Waals surface area contributed by atoms with Crippen molar-refractivity contribution in [2.24, 2.45) is 5.73 Å². The summed E-state index contributed by atoms with van der Waals surface area (Å²) in [7, 11) is 1.62. The molecule has 19 heavy (non-hydrogen) atoms. The molecule has 0 saturated carbocycles. The number of amides is 1. The van der Waals surface area contributed by atoms with Crippen LogP contribution in [-0.2, 0) is 4.79 Å². The molecule has 0 saturated heterocycles. The maximum Gasteiger partial charge on any atom is 0.230 e. The van der Waals surface area contributed by atoms with Gasteiger partial charge in [0.1, 0.15) is 5.75 Å². The Morgan fingerprint density at radius 1 is 1.53 bits per heavy atom. The van der Waals surface area contributed by atoms with Crippen LogP contribution in [0.4, 0.5) is 0 Å². The number of nitrogens with two attached hydrogens (primary N) is 1. The molecule has 1 amide bonds. The van der Waals surface area contributed by atoms with Crippen LogP contribution in [0.3, 0.4) is 0 Å². The highest BCUT2D eigenvalue weighted by Crippen LogP contribution is 2.25. The Kier molecular flexibility index (Phi) is 4.11. The van der Waals surface area contributed by atoms with E-state index in [1.807, 2.05) is 35.0 Å². The number of thioether (sulfide) groups is 1. The predicted molar refractivity (Wildman–Crippen MR) is 74.6 cm³/mol. The minimum Gasteiger partial charge on any atom is -0.497 e. The SMILES string of the molecule is COc1cccc(-n2ccnc2SC(C)C(N)=O)c1. The van der Waals surface area contributed by atoms with Crippen molar-refractivity contribution in [1.82, 2.24) is 9.55 Å². The summed E-state index contributed by atoms with van der Waals surface area (Å²) >= 11 is 1.33. The number of primary amides is 1. The maximum absolute atomic E-state index is 11.1. The molecule has 6 heteroatoms. The van der Waals surface area contributed by atoms with Crippen molar-refractivity contribution >= 4 is 17.7 Å². The average molecular weight is 277 g/mol. The smallest absolute Gasteiger partial charge is 0.230 e. The number of rotatable bonds is 5. The molecule has 2 aromatic rings. The van der Waals surface area contributed by atoms with Crippen molar-refractivity contribution in [1.29, 1.82) is 0 Å². The largest absolute Gasteiger partial charge is 0.497 e. The third-order valence-electron chi connectivity index (χ3n) is 2.62. The summed E-state index contributed by atoms with van der Waals surface area (Å²) in [6.45, 7) is 1.76. The molecule has 0 spiro atoms. The minimum atomic E-state index is -0.356. The molecular formula is C13H15N3O2S. The molecule has 2 rings (SSSR count).